The maximum Gasteiger partial charge on any atom is 0.246 e. The Labute approximate surface area is 103 Å². The van der Waals surface area contributed by atoms with Crippen LogP contribution in [0.2, 0.25) is 0 Å². The molecule has 0 saturated carbocycles. The lowest BCUT2D eigenvalue weighted by molar-refractivity contribution is -0.125. The van der Waals surface area contributed by atoms with Gasteiger partial charge >= 0.3 is 0 Å². The van der Waals surface area contributed by atoms with Crippen LogP contribution in [-0.2, 0) is 11.3 Å². The lowest BCUT2D eigenvalue weighted by Crippen LogP contribution is -2.24. The van der Waals surface area contributed by atoms with Gasteiger partial charge in [-0.2, -0.15) is 0 Å². The van der Waals surface area contributed by atoms with Crippen LogP contribution in [0.1, 0.15) is 37.3 Å². The number of benzene rings is 1. The molecule has 0 radical (unpaired) electrons. The average molecular weight is 229 g/mol. The van der Waals surface area contributed by atoms with Gasteiger partial charge in [-0.05, 0) is 23.5 Å². The Morgan fingerprint density at radius 2 is 2.24 bits per heavy atom. The highest BCUT2D eigenvalue weighted by atomic mass is 16.2. The summed E-state index contributed by atoms with van der Waals surface area (Å²) in [5.74, 6) is 0.710. The summed E-state index contributed by atoms with van der Waals surface area (Å²) in [5.41, 5.74) is 2.59. The first-order valence-electron chi connectivity index (χ1n) is 6.25. The van der Waals surface area contributed by atoms with Crippen LogP contribution in [0.4, 0.5) is 0 Å². The highest BCUT2D eigenvalue weighted by molar-refractivity contribution is 5.89. The van der Waals surface area contributed by atoms with E-state index in [-0.39, 0.29) is 5.91 Å². The highest BCUT2D eigenvalue weighted by Gasteiger charge is 2.14. The first-order chi connectivity index (χ1) is 8.20. The second-order valence-corrected chi connectivity index (χ2v) is 4.68. The SMILES string of the molecule is CCC(C)c1cccc(CN2CC=CC2=O)c1. The van der Waals surface area contributed by atoms with Crippen molar-refractivity contribution in [1.29, 1.82) is 0 Å². The summed E-state index contributed by atoms with van der Waals surface area (Å²) >= 11 is 0. The van der Waals surface area contributed by atoms with Gasteiger partial charge in [0, 0.05) is 19.2 Å². The monoisotopic (exact) mass is 229 g/mol. The molecule has 1 amide bonds. The molecule has 2 heteroatoms. The van der Waals surface area contributed by atoms with E-state index in [2.05, 4.69) is 38.1 Å². The number of nitrogens with zero attached hydrogens (tertiary/aromatic N) is 1. The molecule has 1 aliphatic rings. The molecule has 0 fully saturated rings. The molecular formula is C15H19NO. The smallest absolute Gasteiger partial charge is 0.246 e. The molecule has 1 aromatic rings. The lowest BCUT2D eigenvalue weighted by atomic mass is 9.97. The van der Waals surface area contributed by atoms with Crippen LogP contribution in [0.5, 0.6) is 0 Å². The van der Waals surface area contributed by atoms with Gasteiger partial charge in [-0.3, -0.25) is 4.79 Å². The van der Waals surface area contributed by atoms with Gasteiger partial charge < -0.3 is 4.90 Å². The van der Waals surface area contributed by atoms with Gasteiger partial charge in [0.15, 0.2) is 0 Å². The van der Waals surface area contributed by atoms with Crippen molar-refractivity contribution in [2.24, 2.45) is 0 Å². The molecule has 2 nitrogen and oxygen atoms in total. The zero-order valence-electron chi connectivity index (χ0n) is 10.5. The molecule has 1 unspecified atom stereocenters. The molecular weight excluding hydrogens is 210 g/mol. The number of rotatable bonds is 4. The van der Waals surface area contributed by atoms with E-state index in [0.717, 1.165) is 19.5 Å². The standard InChI is InChI=1S/C15H19NO/c1-3-12(2)14-7-4-6-13(10-14)11-16-9-5-8-15(16)17/h4-8,10,12H,3,9,11H2,1-2H3. The first kappa shape index (κ1) is 11.9. The molecule has 2 rings (SSSR count). The number of hydrogen-bond acceptors (Lipinski definition) is 1. The molecule has 1 aliphatic heterocycles. The second kappa shape index (κ2) is 5.17. The van der Waals surface area contributed by atoms with Crippen LogP contribution in [0.3, 0.4) is 0 Å². The van der Waals surface area contributed by atoms with E-state index in [1.807, 2.05) is 11.0 Å². The maximum atomic E-state index is 11.5. The van der Waals surface area contributed by atoms with E-state index in [1.54, 1.807) is 6.08 Å². The summed E-state index contributed by atoms with van der Waals surface area (Å²) in [6, 6.07) is 8.57. The van der Waals surface area contributed by atoms with E-state index in [1.165, 1.54) is 11.1 Å². The lowest BCUT2D eigenvalue weighted by Gasteiger charge is -2.17. The van der Waals surface area contributed by atoms with Crippen molar-refractivity contribution in [2.75, 3.05) is 6.54 Å². The Balaban J connectivity index is 2.08. The van der Waals surface area contributed by atoms with Gasteiger partial charge in [0.2, 0.25) is 5.91 Å². The van der Waals surface area contributed by atoms with Gasteiger partial charge in [-0.25, -0.2) is 0 Å². The van der Waals surface area contributed by atoms with E-state index < -0.39 is 0 Å². The summed E-state index contributed by atoms with van der Waals surface area (Å²) < 4.78 is 0. The molecule has 1 atom stereocenters. The highest BCUT2D eigenvalue weighted by Crippen LogP contribution is 2.20. The van der Waals surface area contributed by atoms with Crippen molar-refractivity contribution < 1.29 is 4.79 Å². The summed E-state index contributed by atoms with van der Waals surface area (Å²) in [6.07, 6.45) is 4.72. The fourth-order valence-electron chi connectivity index (χ4n) is 2.07. The van der Waals surface area contributed by atoms with Crippen LogP contribution in [-0.4, -0.2) is 17.4 Å². The van der Waals surface area contributed by atoms with Crippen molar-refractivity contribution in [3.63, 3.8) is 0 Å². The van der Waals surface area contributed by atoms with Crippen LogP contribution in [0.25, 0.3) is 0 Å². The van der Waals surface area contributed by atoms with Crippen LogP contribution in [0.15, 0.2) is 36.4 Å². The Kier molecular flexibility index (Phi) is 3.62. The van der Waals surface area contributed by atoms with Gasteiger partial charge in [0.1, 0.15) is 0 Å². The minimum Gasteiger partial charge on any atom is -0.331 e. The predicted octanol–water partition coefficient (Wildman–Crippen LogP) is 3.10. The minimum atomic E-state index is 0.124. The molecule has 0 saturated heterocycles. The van der Waals surface area contributed by atoms with Gasteiger partial charge in [-0.15, -0.1) is 0 Å². The number of amides is 1. The molecule has 90 valence electrons. The summed E-state index contributed by atoms with van der Waals surface area (Å²) in [4.78, 5) is 13.3. The Morgan fingerprint density at radius 3 is 2.88 bits per heavy atom. The molecule has 0 aromatic heterocycles. The van der Waals surface area contributed by atoms with Crippen LogP contribution < -0.4 is 0 Å². The zero-order valence-corrected chi connectivity index (χ0v) is 10.5. The normalized spacial score (nSPS) is 16.6. The van der Waals surface area contributed by atoms with E-state index in [9.17, 15) is 4.79 Å². The number of carbonyl (C=O) groups excluding carboxylic acids is 1. The number of carbonyl (C=O) groups is 1. The molecule has 0 bridgehead atoms. The second-order valence-electron chi connectivity index (χ2n) is 4.68. The molecule has 0 spiro atoms. The van der Waals surface area contributed by atoms with Crippen molar-refractivity contribution in [2.45, 2.75) is 32.7 Å². The van der Waals surface area contributed by atoms with Crippen LogP contribution >= 0.6 is 0 Å². The molecule has 0 aliphatic carbocycles. The van der Waals surface area contributed by atoms with E-state index in [0.29, 0.717) is 5.92 Å². The van der Waals surface area contributed by atoms with Crippen molar-refractivity contribution in [3.05, 3.63) is 47.5 Å². The Bertz CT molecular complexity index is 436. The van der Waals surface area contributed by atoms with Crippen LogP contribution in [0, 0.1) is 0 Å². The molecule has 0 N–H and O–H groups in total. The van der Waals surface area contributed by atoms with E-state index >= 15 is 0 Å². The fraction of sp³-hybridized carbons (Fsp3) is 0.400. The predicted molar refractivity (Wildman–Crippen MR) is 69.7 cm³/mol. The van der Waals surface area contributed by atoms with Gasteiger partial charge in [-0.1, -0.05) is 44.2 Å². The summed E-state index contributed by atoms with van der Waals surface area (Å²) in [6.45, 7) is 5.90. The molecule has 1 aromatic carbocycles. The summed E-state index contributed by atoms with van der Waals surface area (Å²) in [5, 5.41) is 0. The first-order valence-corrected chi connectivity index (χ1v) is 6.25. The quantitative estimate of drug-likeness (QED) is 0.777. The average Bonchev–Trinajstić information content (AvgIpc) is 2.74. The Hall–Kier alpha value is -1.57. The summed E-state index contributed by atoms with van der Waals surface area (Å²) in [7, 11) is 0. The third kappa shape index (κ3) is 2.76. The van der Waals surface area contributed by atoms with Gasteiger partial charge in [0.05, 0.1) is 0 Å². The van der Waals surface area contributed by atoms with Crippen molar-refractivity contribution in [1.82, 2.24) is 4.90 Å². The van der Waals surface area contributed by atoms with Crippen molar-refractivity contribution >= 4 is 5.91 Å². The van der Waals surface area contributed by atoms with Gasteiger partial charge in [0.25, 0.3) is 0 Å². The number of hydrogen-bond donors (Lipinski definition) is 0. The third-order valence-corrected chi connectivity index (χ3v) is 3.40. The topological polar surface area (TPSA) is 20.3 Å². The third-order valence-electron chi connectivity index (χ3n) is 3.40. The fourth-order valence-corrected chi connectivity index (χ4v) is 2.07. The zero-order chi connectivity index (χ0) is 12.3. The largest absolute Gasteiger partial charge is 0.331 e. The Morgan fingerprint density at radius 1 is 1.41 bits per heavy atom. The maximum absolute atomic E-state index is 11.5. The molecule has 17 heavy (non-hydrogen) atoms. The van der Waals surface area contributed by atoms with Crippen molar-refractivity contribution in [3.8, 4) is 0 Å². The van der Waals surface area contributed by atoms with E-state index in [4.69, 9.17) is 0 Å². The molecule has 1 heterocycles. The minimum absolute atomic E-state index is 0.124.